The third kappa shape index (κ3) is 9.77. The van der Waals surface area contributed by atoms with Gasteiger partial charge in [-0.1, -0.05) is 24.3 Å². The summed E-state index contributed by atoms with van der Waals surface area (Å²) in [5.74, 6) is 0. The molecule has 0 amide bonds. The van der Waals surface area contributed by atoms with E-state index in [1.165, 1.54) is 71.5 Å². The molecule has 0 saturated heterocycles. The second kappa shape index (κ2) is 19.4. The van der Waals surface area contributed by atoms with E-state index < -0.39 is 0 Å². The minimum Gasteiger partial charge on any atom is -0.214 e. The molecule has 0 bridgehead atoms. The van der Waals surface area contributed by atoms with Gasteiger partial charge in [0.1, 0.15) is 0 Å². The third-order valence-corrected chi connectivity index (χ3v) is 9.03. The van der Waals surface area contributed by atoms with Crippen molar-refractivity contribution in [2.45, 2.75) is 27.7 Å². The first-order valence-corrected chi connectivity index (χ1v) is 16.3. The van der Waals surface area contributed by atoms with E-state index in [4.69, 9.17) is 0 Å². The Bertz CT molecular complexity index is 1510. The van der Waals surface area contributed by atoms with Gasteiger partial charge in [-0.15, -0.1) is 39.7 Å². The van der Waals surface area contributed by atoms with Crippen molar-refractivity contribution in [3.05, 3.63) is 145 Å². The molecule has 0 atom stereocenters. The van der Waals surface area contributed by atoms with E-state index in [0.29, 0.717) is 0 Å². The molecule has 0 spiro atoms. The van der Waals surface area contributed by atoms with Gasteiger partial charge in [0.25, 0.3) is 0 Å². The van der Waals surface area contributed by atoms with Crippen molar-refractivity contribution in [2.24, 2.45) is 0 Å². The molecule has 44 heavy (non-hydrogen) atoms. The second-order valence-corrected chi connectivity index (χ2v) is 11.3. The van der Waals surface area contributed by atoms with E-state index in [1.807, 2.05) is 30.3 Å². The maximum Gasteiger partial charge on any atom is -0.172 e. The fourth-order valence-corrected chi connectivity index (χ4v) is 6.06. The van der Waals surface area contributed by atoms with Gasteiger partial charge in [-0.05, 0) is 27.7 Å². The number of anilines is 2. The molecule has 0 fully saturated rings. The van der Waals surface area contributed by atoms with Crippen LogP contribution in [0.15, 0.2) is 133 Å². The molecular formula is C39H42Cl2N2Zr-2. The normalized spacial score (nSPS) is 9.95. The molecular weight excluding hydrogens is 659 g/mol. The van der Waals surface area contributed by atoms with E-state index >= 15 is 0 Å². The van der Waals surface area contributed by atoms with E-state index in [9.17, 15) is 0 Å². The Morgan fingerprint density at radius 2 is 0.932 bits per heavy atom. The minimum absolute atomic E-state index is 0. The largest absolute Gasteiger partial charge is 0.214 e. The Hall–Kier alpha value is -2.97. The van der Waals surface area contributed by atoms with Crippen LogP contribution in [0.2, 0.25) is 0 Å². The minimum atomic E-state index is 0. The molecule has 6 aromatic carbocycles. The molecule has 0 aliphatic rings. The van der Waals surface area contributed by atoms with Crippen molar-refractivity contribution < 1.29 is 49.0 Å². The number of fused-ring (bicyclic) bond motifs is 3. The molecule has 6 aromatic rings. The molecule has 2 nitrogen and oxygen atoms in total. The van der Waals surface area contributed by atoms with Crippen molar-refractivity contribution in [1.82, 2.24) is 0 Å². The molecule has 6 rings (SSSR count). The van der Waals surface area contributed by atoms with E-state index in [1.54, 1.807) is 0 Å². The predicted octanol–water partition coefficient (Wildman–Crippen LogP) is 3.62. The van der Waals surface area contributed by atoms with E-state index in [-0.39, 0.29) is 24.8 Å². The summed E-state index contributed by atoms with van der Waals surface area (Å²) in [5.41, 5.74) is 5.31. The van der Waals surface area contributed by atoms with Crippen molar-refractivity contribution in [3.63, 3.8) is 0 Å². The molecule has 0 heterocycles. The fraction of sp³-hybridized carbons (Fsp3) is 0.205. The van der Waals surface area contributed by atoms with Crippen LogP contribution in [-0.2, 0) is 24.2 Å². The van der Waals surface area contributed by atoms with Gasteiger partial charge < -0.3 is 34.6 Å². The van der Waals surface area contributed by atoms with E-state index in [0.717, 1.165) is 26.2 Å². The average molecular weight is 701 g/mol. The van der Waals surface area contributed by atoms with Crippen LogP contribution in [0.5, 0.6) is 0 Å². The molecule has 228 valence electrons. The molecule has 0 saturated carbocycles. The fourth-order valence-electron chi connectivity index (χ4n) is 5.24. The van der Waals surface area contributed by atoms with Crippen LogP contribution < -0.4 is 34.6 Å². The van der Waals surface area contributed by atoms with E-state index in [2.05, 4.69) is 141 Å². The quantitative estimate of drug-likeness (QED) is 0.224. The van der Waals surface area contributed by atoms with Gasteiger partial charge in [0.05, 0.1) is 0 Å². The van der Waals surface area contributed by atoms with Crippen LogP contribution in [0.3, 0.4) is 0 Å². The zero-order valence-corrected chi connectivity index (χ0v) is 30.2. The second-order valence-electron chi connectivity index (χ2n) is 10.1. The number of benzene rings is 4. The van der Waals surface area contributed by atoms with Crippen molar-refractivity contribution in [1.29, 1.82) is 0 Å². The monoisotopic (exact) mass is 698 g/mol. The van der Waals surface area contributed by atoms with Gasteiger partial charge >= 0.3 is 99.2 Å². The van der Waals surface area contributed by atoms with Gasteiger partial charge in [-0.3, -0.25) is 0 Å². The van der Waals surface area contributed by atoms with Crippen LogP contribution in [0.1, 0.15) is 38.8 Å². The van der Waals surface area contributed by atoms with Crippen LogP contribution >= 0.6 is 0 Å². The summed E-state index contributed by atoms with van der Waals surface area (Å²) >= 11 is 1.46. The Labute approximate surface area is 291 Å². The molecule has 0 aliphatic heterocycles. The summed E-state index contributed by atoms with van der Waals surface area (Å²) in [6.45, 7) is 13.1. The maximum absolute atomic E-state index is 2.41. The van der Waals surface area contributed by atoms with Crippen molar-refractivity contribution in [2.75, 3.05) is 36.0 Å². The first kappa shape index (κ1) is 37.2. The molecule has 0 aromatic heterocycles. The zero-order valence-electron chi connectivity index (χ0n) is 26.2. The first-order valence-electron chi connectivity index (χ1n) is 15.1. The van der Waals surface area contributed by atoms with Gasteiger partial charge in [0.2, 0.25) is 0 Å². The number of nitrogens with zero attached hydrogens (tertiary/aromatic N) is 2. The number of rotatable bonds is 8. The summed E-state index contributed by atoms with van der Waals surface area (Å²) in [6.07, 6.45) is 0. The molecule has 5 heteroatoms. The third-order valence-electron chi connectivity index (χ3n) is 7.61. The van der Waals surface area contributed by atoms with Crippen LogP contribution in [-0.4, -0.2) is 29.4 Å². The van der Waals surface area contributed by atoms with Crippen LogP contribution in [0, 0.1) is 0 Å². The molecule has 0 unspecified atom stereocenters. The molecule has 0 N–H and O–H groups in total. The summed E-state index contributed by atoms with van der Waals surface area (Å²) in [5, 5.41) is 5.43. The van der Waals surface area contributed by atoms with Crippen molar-refractivity contribution in [3.8, 4) is 0 Å². The summed E-state index contributed by atoms with van der Waals surface area (Å²) in [7, 11) is 0. The summed E-state index contributed by atoms with van der Waals surface area (Å²) < 4.78 is 1.42. The SMILES string of the molecule is CCN(CC)c1ccc2[cH-]c3ccc(N(CC)CC)cc3c2c1.[Cl-].[Cl-].[Zr+2]=[C](c1ccccc1)c1ccccc1.c1cc[cH-]c1. The zero-order chi connectivity index (χ0) is 29.7. The summed E-state index contributed by atoms with van der Waals surface area (Å²) in [4.78, 5) is 4.82. The van der Waals surface area contributed by atoms with Crippen molar-refractivity contribution >= 4 is 36.1 Å². The Kier molecular flexibility index (Phi) is 16.4. The molecule has 0 aliphatic carbocycles. The Morgan fingerprint density at radius 1 is 0.545 bits per heavy atom. The first-order chi connectivity index (χ1) is 20.6. The Balaban J connectivity index is 0.000000273. The van der Waals surface area contributed by atoms with Crippen LogP contribution in [0.25, 0.3) is 21.5 Å². The van der Waals surface area contributed by atoms with Gasteiger partial charge in [0.15, 0.2) is 0 Å². The predicted molar refractivity (Wildman–Crippen MR) is 182 cm³/mol. The number of hydrogen-bond donors (Lipinski definition) is 0. The van der Waals surface area contributed by atoms with Crippen LogP contribution in [0.4, 0.5) is 11.4 Å². The Morgan fingerprint density at radius 3 is 1.25 bits per heavy atom. The smallest absolute Gasteiger partial charge is 0.172 e. The summed E-state index contributed by atoms with van der Waals surface area (Å²) in [6, 6.07) is 47.2. The van der Waals surface area contributed by atoms with Gasteiger partial charge in [-0.25, -0.2) is 12.1 Å². The van der Waals surface area contributed by atoms with Gasteiger partial charge in [-0.2, -0.15) is 18.2 Å². The van der Waals surface area contributed by atoms with Gasteiger partial charge in [0, 0.05) is 37.6 Å². The molecule has 0 radical (unpaired) electrons. The standard InChI is InChI=1S/C21H27N2.C13H10.C5H5.2ClH.Zr/c1-5-22(6-2)18-11-9-16-13-17-10-12-19(23(7-3)8-4)15-21(17)20(16)14-18;1-3-7-12(8-4-1)11-13-9-5-2-6-10-13;1-2-4-5-3-1;;;/h9-15H,5-8H2,1-4H3;1-10H;1-5H;2*1H;/q-1;;-1;;;+2/p-2. The average Bonchev–Trinajstić information content (AvgIpc) is 3.75. The maximum atomic E-state index is 2.41. The number of hydrogen-bond acceptors (Lipinski definition) is 2. The topological polar surface area (TPSA) is 6.48 Å². The number of halogens is 2.